The van der Waals surface area contributed by atoms with Crippen molar-refractivity contribution in [2.24, 2.45) is 0 Å². The van der Waals surface area contributed by atoms with Crippen molar-refractivity contribution in [2.45, 2.75) is 39.8 Å². The molecule has 3 rings (SSSR count). The van der Waals surface area contributed by atoms with Gasteiger partial charge in [-0.25, -0.2) is 8.42 Å². The van der Waals surface area contributed by atoms with Crippen LogP contribution in [0.2, 0.25) is 0 Å². The first-order valence-electron chi connectivity index (χ1n) is 8.36. The third kappa shape index (κ3) is 3.39. The minimum Gasteiger partial charge on any atom is -0.357 e. The lowest BCUT2D eigenvalue weighted by atomic mass is 10.1. The summed E-state index contributed by atoms with van der Waals surface area (Å²) in [6.07, 6.45) is 0.673. The molecule has 1 aromatic heterocycles. The highest BCUT2D eigenvalue weighted by atomic mass is 32.2. The van der Waals surface area contributed by atoms with Crippen molar-refractivity contribution in [2.75, 3.05) is 18.1 Å². The molecule has 0 aliphatic carbocycles. The normalized spacial score (nSPS) is 20.1. The molecule has 0 bridgehead atoms. The second-order valence-corrected chi connectivity index (χ2v) is 9.01. The van der Waals surface area contributed by atoms with E-state index in [0.717, 1.165) is 28.9 Å². The van der Waals surface area contributed by atoms with Crippen LogP contribution >= 0.6 is 0 Å². The number of rotatable bonds is 4. The maximum absolute atomic E-state index is 12.5. The Labute approximate surface area is 142 Å². The van der Waals surface area contributed by atoms with Crippen LogP contribution in [-0.4, -0.2) is 42.4 Å². The van der Waals surface area contributed by atoms with Gasteiger partial charge in [-0.15, -0.1) is 0 Å². The highest BCUT2D eigenvalue weighted by Crippen LogP contribution is 2.21. The Balaban J connectivity index is 1.93. The highest BCUT2D eigenvalue weighted by molar-refractivity contribution is 7.91. The van der Waals surface area contributed by atoms with E-state index in [4.69, 9.17) is 0 Å². The molecule has 1 unspecified atom stereocenters. The lowest BCUT2D eigenvalue weighted by molar-refractivity contribution is 0.212. The fraction of sp³-hybridized carbons (Fsp3) is 0.500. The Morgan fingerprint density at radius 2 is 2.00 bits per heavy atom. The monoisotopic (exact) mass is 348 g/mol. The number of aromatic nitrogens is 1. The van der Waals surface area contributed by atoms with E-state index in [-0.39, 0.29) is 23.0 Å². The first-order chi connectivity index (χ1) is 11.3. The predicted octanol–water partition coefficient (Wildman–Crippen LogP) is 2.15. The third-order valence-electron chi connectivity index (χ3n) is 4.84. The smallest absolute Gasteiger partial charge is 0.189 e. The van der Waals surface area contributed by atoms with Gasteiger partial charge < -0.3 is 4.98 Å². The molecule has 0 amide bonds. The van der Waals surface area contributed by atoms with Crippen molar-refractivity contribution in [1.29, 1.82) is 0 Å². The number of benzene rings is 1. The second kappa shape index (κ2) is 6.33. The van der Waals surface area contributed by atoms with Crippen LogP contribution in [0.3, 0.4) is 0 Å². The molecule has 0 radical (unpaired) electrons. The molecule has 0 spiro atoms. The van der Waals surface area contributed by atoms with Gasteiger partial charge in [0.2, 0.25) is 0 Å². The summed E-state index contributed by atoms with van der Waals surface area (Å²) >= 11 is 0. The Morgan fingerprint density at radius 1 is 1.25 bits per heavy atom. The number of sulfone groups is 1. The quantitative estimate of drug-likeness (QED) is 0.919. The maximum atomic E-state index is 12.5. The van der Waals surface area contributed by atoms with Crippen molar-refractivity contribution < 1.29 is 8.42 Å². The van der Waals surface area contributed by atoms with Gasteiger partial charge in [-0.2, -0.15) is 0 Å². The maximum Gasteiger partial charge on any atom is 0.189 e. The van der Waals surface area contributed by atoms with Gasteiger partial charge in [0.05, 0.1) is 17.0 Å². The molecule has 1 N–H and O–H groups in total. The lowest BCUT2D eigenvalue weighted by Crippen LogP contribution is -2.36. The van der Waals surface area contributed by atoms with E-state index >= 15 is 0 Å². The summed E-state index contributed by atoms with van der Waals surface area (Å²) in [5.74, 6) is 0.484. The number of hydrogen-bond donors (Lipinski definition) is 1. The zero-order valence-electron chi connectivity index (χ0n) is 14.4. The molecular formula is C18H24N2O3S. The first-order valence-corrected chi connectivity index (χ1v) is 10.2. The van der Waals surface area contributed by atoms with Crippen LogP contribution < -0.4 is 5.43 Å². The molecule has 1 aliphatic rings. The average molecular weight is 348 g/mol. The summed E-state index contributed by atoms with van der Waals surface area (Å²) in [6, 6.07) is 5.65. The Kier molecular flexibility index (Phi) is 4.53. The largest absolute Gasteiger partial charge is 0.357 e. The fourth-order valence-corrected chi connectivity index (χ4v) is 5.39. The van der Waals surface area contributed by atoms with Crippen LogP contribution in [-0.2, 0) is 16.4 Å². The summed E-state index contributed by atoms with van der Waals surface area (Å²) in [5.41, 5.74) is 3.85. The van der Waals surface area contributed by atoms with Crippen molar-refractivity contribution >= 4 is 20.7 Å². The summed E-state index contributed by atoms with van der Waals surface area (Å²) < 4.78 is 23.5. The van der Waals surface area contributed by atoms with Gasteiger partial charge in [0.1, 0.15) is 0 Å². The van der Waals surface area contributed by atoms with Gasteiger partial charge in [-0.3, -0.25) is 9.69 Å². The molecule has 130 valence electrons. The van der Waals surface area contributed by atoms with Crippen molar-refractivity contribution in [3.63, 3.8) is 0 Å². The second-order valence-electron chi connectivity index (χ2n) is 6.78. The summed E-state index contributed by atoms with van der Waals surface area (Å²) in [6.45, 7) is 7.33. The average Bonchev–Trinajstić information content (AvgIpc) is 2.86. The van der Waals surface area contributed by atoms with Crippen LogP contribution in [0.4, 0.5) is 0 Å². The molecule has 24 heavy (non-hydrogen) atoms. The molecule has 0 saturated carbocycles. The van der Waals surface area contributed by atoms with E-state index in [1.807, 2.05) is 26.8 Å². The zero-order chi connectivity index (χ0) is 17.5. The van der Waals surface area contributed by atoms with E-state index in [0.29, 0.717) is 18.4 Å². The fourth-order valence-electron chi connectivity index (χ4n) is 3.63. The van der Waals surface area contributed by atoms with Gasteiger partial charge in [-0.05, 0) is 44.0 Å². The van der Waals surface area contributed by atoms with E-state index in [1.165, 1.54) is 0 Å². The van der Waals surface area contributed by atoms with E-state index in [1.54, 1.807) is 6.07 Å². The van der Waals surface area contributed by atoms with Gasteiger partial charge in [0.15, 0.2) is 15.3 Å². The minimum atomic E-state index is -2.91. The number of H-pyrrole nitrogens is 1. The topological polar surface area (TPSA) is 70.2 Å². The molecule has 2 aromatic rings. The van der Waals surface area contributed by atoms with Gasteiger partial charge in [-0.1, -0.05) is 13.0 Å². The van der Waals surface area contributed by atoms with Crippen molar-refractivity contribution in [3.8, 4) is 0 Å². The Bertz CT molecular complexity index is 931. The molecule has 2 heterocycles. The zero-order valence-corrected chi connectivity index (χ0v) is 15.2. The lowest BCUT2D eigenvalue weighted by Gasteiger charge is -2.26. The van der Waals surface area contributed by atoms with Crippen LogP contribution in [0.1, 0.15) is 30.2 Å². The number of hydrogen-bond acceptors (Lipinski definition) is 4. The van der Waals surface area contributed by atoms with E-state index < -0.39 is 9.84 Å². The SMILES string of the molecule is CCN(Cc1cc(=O)c2cc(C)cc(C)c2[nH]1)C1CCS(=O)(=O)C1. The summed E-state index contributed by atoms with van der Waals surface area (Å²) in [5, 5.41) is 0.711. The van der Waals surface area contributed by atoms with E-state index in [9.17, 15) is 13.2 Å². The number of fused-ring (bicyclic) bond motifs is 1. The highest BCUT2D eigenvalue weighted by Gasteiger charge is 2.31. The van der Waals surface area contributed by atoms with Crippen molar-refractivity contribution in [1.82, 2.24) is 9.88 Å². The molecule has 1 saturated heterocycles. The molecule has 6 heteroatoms. The van der Waals surface area contributed by atoms with Crippen LogP contribution in [0.5, 0.6) is 0 Å². The Hall–Kier alpha value is -1.66. The van der Waals surface area contributed by atoms with Gasteiger partial charge in [0, 0.05) is 29.7 Å². The number of nitrogens with one attached hydrogen (secondary N) is 1. The molecule has 1 fully saturated rings. The van der Waals surface area contributed by atoms with Crippen LogP contribution in [0, 0.1) is 13.8 Å². The van der Waals surface area contributed by atoms with Crippen molar-refractivity contribution in [3.05, 3.63) is 45.2 Å². The number of nitrogens with zero attached hydrogens (tertiary/aromatic N) is 1. The van der Waals surface area contributed by atoms with Crippen LogP contribution in [0.25, 0.3) is 10.9 Å². The molecular weight excluding hydrogens is 324 g/mol. The summed E-state index contributed by atoms with van der Waals surface area (Å²) in [4.78, 5) is 18.0. The van der Waals surface area contributed by atoms with Gasteiger partial charge in [0.25, 0.3) is 0 Å². The minimum absolute atomic E-state index is 0.0145. The summed E-state index contributed by atoms with van der Waals surface area (Å²) in [7, 11) is -2.91. The van der Waals surface area contributed by atoms with Crippen LogP contribution in [0.15, 0.2) is 23.0 Å². The molecule has 1 atom stereocenters. The molecule has 1 aromatic carbocycles. The number of pyridine rings is 1. The van der Waals surface area contributed by atoms with Gasteiger partial charge >= 0.3 is 0 Å². The third-order valence-corrected chi connectivity index (χ3v) is 6.59. The Morgan fingerprint density at radius 3 is 2.62 bits per heavy atom. The predicted molar refractivity (Wildman–Crippen MR) is 97.2 cm³/mol. The molecule has 1 aliphatic heterocycles. The number of aryl methyl sites for hydroxylation is 2. The number of aromatic amines is 1. The van der Waals surface area contributed by atoms with E-state index in [2.05, 4.69) is 16.0 Å². The standard InChI is InChI=1S/C18H24N2O3S/c1-4-20(15-5-6-24(22,23)11-15)10-14-9-17(21)16-8-12(2)7-13(3)18(16)19-14/h7-9,15H,4-6,10-11H2,1-3H3,(H,19,21). The first kappa shape index (κ1) is 17.2. The molecule has 5 nitrogen and oxygen atoms in total.